The molecule has 0 spiro atoms. The molecule has 1 aromatic heterocycles. The first-order chi connectivity index (χ1) is 18.7. The fourth-order valence-electron chi connectivity index (χ4n) is 3.37. The van der Waals surface area contributed by atoms with Crippen LogP contribution in [0, 0.1) is 0 Å². The lowest BCUT2D eigenvalue weighted by Crippen LogP contribution is -2.13. The highest BCUT2D eigenvalue weighted by Gasteiger charge is 2.16. The molecule has 1 amide bonds. The maximum Gasteiger partial charge on any atom is 0.263 e. The van der Waals surface area contributed by atoms with Gasteiger partial charge in [0.15, 0.2) is 16.6 Å². The van der Waals surface area contributed by atoms with Crippen molar-refractivity contribution in [3.8, 4) is 11.5 Å². The van der Waals surface area contributed by atoms with E-state index in [0.29, 0.717) is 38.9 Å². The zero-order valence-electron chi connectivity index (χ0n) is 20.6. The highest BCUT2D eigenvalue weighted by molar-refractivity contribution is 9.10. The molecule has 4 rings (SSSR count). The van der Waals surface area contributed by atoms with Crippen LogP contribution >= 0.6 is 38.9 Å². The number of rotatable bonds is 11. The van der Waals surface area contributed by atoms with Gasteiger partial charge in [0.05, 0.1) is 16.0 Å². The van der Waals surface area contributed by atoms with Crippen LogP contribution in [0.4, 0.5) is 10.8 Å². The maximum atomic E-state index is 12.5. The van der Waals surface area contributed by atoms with Gasteiger partial charge in [-0.1, -0.05) is 29.8 Å². The van der Waals surface area contributed by atoms with Crippen molar-refractivity contribution in [2.75, 3.05) is 16.6 Å². The Bertz CT molecular complexity index is 1580. The molecule has 8 nitrogen and oxygen atoms in total. The van der Waals surface area contributed by atoms with Gasteiger partial charge >= 0.3 is 0 Å². The molecule has 0 fully saturated rings. The van der Waals surface area contributed by atoms with E-state index < -0.39 is 10.0 Å². The van der Waals surface area contributed by atoms with Crippen LogP contribution in [0.25, 0.3) is 6.08 Å². The van der Waals surface area contributed by atoms with E-state index in [0.717, 1.165) is 5.56 Å². The summed E-state index contributed by atoms with van der Waals surface area (Å²) in [5.74, 6) is 0.652. The molecule has 2 N–H and O–H groups in total. The molecule has 0 saturated heterocycles. The summed E-state index contributed by atoms with van der Waals surface area (Å²) in [5, 5.41) is 5.27. The largest absolute Gasteiger partial charge is 0.490 e. The molecule has 0 unspecified atom stereocenters. The molecular formula is C27H23BrClN3O5S2. The summed E-state index contributed by atoms with van der Waals surface area (Å²) in [5.41, 5.74) is 1.99. The smallest absolute Gasteiger partial charge is 0.263 e. The van der Waals surface area contributed by atoms with Crippen molar-refractivity contribution in [3.63, 3.8) is 0 Å². The number of carbonyl (C=O) groups is 1. The lowest BCUT2D eigenvalue weighted by Gasteiger charge is -2.15. The van der Waals surface area contributed by atoms with Crippen molar-refractivity contribution in [2.45, 2.75) is 18.4 Å². The molecule has 0 bridgehead atoms. The van der Waals surface area contributed by atoms with Gasteiger partial charge in [0.1, 0.15) is 6.61 Å². The van der Waals surface area contributed by atoms with Crippen molar-refractivity contribution in [1.29, 1.82) is 0 Å². The van der Waals surface area contributed by atoms with Gasteiger partial charge in [0.25, 0.3) is 10.0 Å². The van der Waals surface area contributed by atoms with E-state index >= 15 is 0 Å². The molecule has 0 aliphatic rings. The van der Waals surface area contributed by atoms with Gasteiger partial charge in [-0.15, -0.1) is 11.3 Å². The topological polar surface area (TPSA) is 107 Å². The van der Waals surface area contributed by atoms with E-state index in [1.807, 2.05) is 31.2 Å². The Labute approximate surface area is 243 Å². The summed E-state index contributed by atoms with van der Waals surface area (Å²) in [6.45, 7) is 2.55. The van der Waals surface area contributed by atoms with Gasteiger partial charge in [0, 0.05) is 33.9 Å². The van der Waals surface area contributed by atoms with E-state index in [2.05, 4.69) is 31.0 Å². The lowest BCUT2D eigenvalue weighted by atomic mass is 10.1. The normalized spacial score (nSPS) is 11.4. The van der Waals surface area contributed by atoms with Crippen molar-refractivity contribution in [2.24, 2.45) is 0 Å². The van der Waals surface area contributed by atoms with E-state index in [9.17, 15) is 13.2 Å². The Morgan fingerprint density at radius 3 is 2.59 bits per heavy atom. The van der Waals surface area contributed by atoms with E-state index in [4.69, 9.17) is 21.1 Å². The molecule has 1 heterocycles. The first-order valence-corrected chi connectivity index (χ1v) is 15.1. The number of amides is 1. The number of halogens is 2. The van der Waals surface area contributed by atoms with Crippen molar-refractivity contribution < 1.29 is 22.7 Å². The number of thiazole rings is 1. The molecule has 39 heavy (non-hydrogen) atoms. The van der Waals surface area contributed by atoms with Gasteiger partial charge in [-0.05, 0) is 77.0 Å². The first-order valence-electron chi connectivity index (χ1n) is 11.6. The van der Waals surface area contributed by atoms with Crippen LogP contribution in [0.5, 0.6) is 11.5 Å². The van der Waals surface area contributed by atoms with Crippen LogP contribution in [0.2, 0.25) is 5.02 Å². The van der Waals surface area contributed by atoms with Gasteiger partial charge in [-0.3, -0.25) is 9.52 Å². The predicted molar refractivity (Wildman–Crippen MR) is 158 cm³/mol. The minimum atomic E-state index is -3.78. The number of hydrogen-bond donors (Lipinski definition) is 2. The molecular weight excluding hydrogens is 626 g/mol. The average molecular weight is 649 g/mol. The molecule has 0 atom stereocenters. The summed E-state index contributed by atoms with van der Waals surface area (Å²) < 4.78 is 39.8. The Kier molecular flexibility index (Phi) is 9.63. The van der Waals surface area contributed by atoms with E-state index in [1.165, 1.54) is 47.9 Å². The minimum Gasteiger partial charge on any atom is -0.490 e. The number of nitrogens with one attached hydrogen (secondary N) is 2. The molecule has 0 aliphatic carbocycles. The second-order valence-corrected chi connectivity index (χ2v) is 11.8. The number of nitrogens with zero attached hydrogens (tertiary/aromatic N) is 1. The number of hydrogen-bond acceptors (Lipinski definition) is 7. The third-order valence-electron chi connectivity index (χ3n) is 5.17. The Hall–Kier alpha value is -3.38. The van der Waals surface area contributed by atoms with Crippen LogP contribution in [0.3, 0.4) is 0 Å². The van der Waals surface area contributed by atoms with Gasteiger partial charge < -0.3 is 14.8 Å². The summed E-state index contributed by atoms with van der Waals surface area (Å²) in [7, 11) is -3.78. The van der Waals surface area contributed by atoms with Crippen LogP contribution in [0.15, 0.2) is 87.7 Å². The predicted octanol–water partition coefficient (Wildman–Crippen LogP) is 6.99. The van der Waals surface area contributed by atoms with Gasteiger partial charge in [-0.25, -0.2) is 13.4 Å². The van der Waals surface area contributed by atoms with E-state index in [-0.39, 0.29) is 22.5 Å². The molecule has 0 saturated carbocycles. The van der Waals surface area contributed by atoms with E-state index in [1.54, 1.807) is 23.6 Å². The van der Waals surface area contributed by atoms with Crippen molar-refractivity contribution >= 4 is 71.7 Å². The monoisotopic (exact) mass is 647 g/mol. The SMILES string of the molecule is CCOc1cc(/C=C/C(=O)Nc2ccc(S(=O)(=O)Nc3nccs3)cc2)cc(Br)c1OCc1ccccc1Cl. The summed E-state index contributed by atoms with van der Waals surface area (Å²) in [4.78, 5) is 16.5. The van der Waals surface area contributed by atoms with Crippen LogP contribution in [-0.4, -0.2) is 25.9 Å². The van der Waals surface area contributed by atoms with Crippen LogP contribution in [0.1, 0.15) is 18.1 Å². The summed E-state index contributed by atoms with van der Waals surface area (Å²) in [6.07, 6.45) is 4.52. The van der Waals surface area contributed by atoms with Crippen LogP contribution < -0.4 is 19.5 Å². The summed E-state index contributed by atoms with van der Waals surface area (Å²) >= 11 is 10.9. The second-order valence-electron chi connectivity index (χ2n) is 7.93. The summed E-state index contributed by atoms with van der Waals surface area (Å²) in [6, 6.07) is 16.8. The Morgan fingerprint density at radius 1 is 1.13 bits per heavy atom. The van der Waals surface area contributed by atoms with Crippen LogP contribution in [-0.2, 0) is 21.4 Å². The standard InChI is InChI=1S/C27H23BrClN3O5S2/c1-2-36-24-16-18(15-22(28)26(24)37-17-19-5-3-4-6-23(19)29)7-12-25(33)31-20-8-10-21(11-9-20)39(34,35)32-27-30-13-14-38-27/h3-16H,2,17H2,1H3,(H,30,32)(H,31,33)/b12-7+. The number of benzene rings is 3. The highest BCUT2D eigenvalue weighted by atomic mass is 79.9. The molecule has 3 aromatic carbocycles. The minimum absolute atomic E-state index is 0.0522. The first kappa shape index (κ1) is 28.6. The third kappa shape index (κ3) is 7.82. The number of aromatic nitrogens is 1. The highest BCUT2D eigenvalue weighted by Crippen LogP contribution is 2.38. The fraction of sp³-hybridized carbons (Fsp3) is 0.111. The Balaban J connectivity index is 1.41. The second kappa shape index (κ2) is 13.1. The zero-order chi connectivity index (χ0) is 27.8. The number of ether oxygens (including phenoxy) is 2. The van der Waals surface area contributed by atoms with Crippen molar-refractivity contribution in [1.82, 2.24) is 4.98 Å². The quantitative estimate of drug-likeness (QED) is 0.170. The van der Waals surface area contributed by atoms with Gasteiger partial charge in [0.2, 0.25) is 5.91 Å². The lowest BCUT2D eigenvalue weighted by molar-refractivity contribution is -0.111. The van der Waals surface area contributed by atoms with Gasteiger partial charge in [-0.2, -0.15) is 0 Å². The molecule has 4 aromatic rings. The molecule has 0 radical (unpaired) electrons. The molecule has 0 aliphatic heterocycles. The number of anilines is 2. The van der Waals surface area contributed by atoms with Crippen molar-refractivity contribution in [3.05, 3.63) is 98.9 Å². The Morgan fingerprint density at radius 2 is 1.90 bits per heavy atom. The number of sulfonamides is 1. The zero-order valence-corrected chi connectivity index (χ0v) is 24.5. The third-order valence-corrected chi connectivity index (χ3v) is 8.31. The average Bonchev–Trinajstić information content (AvgIpc) is 3.41. The fourth-order valence-corrected chi connectivity index (χ4v) is 5.93. The molecule has 202 valence electrons. The number of carbonyl (C=O) groups excluding carboxylic acids is 1. The maximum absolute atomic E-state index is 12.5. The molecule has 12 heteroatoms.